The van der Waals surface area contributed by atoms with Gasteiger partial charge < -0.3 is 14.6 Å². The van der Waals surface area contributed by atoms with Gasteiger partial charge in [0.25, 0.3) is 0 Å². The monoisotopic (exact) mass is 379 g/mol. The topological polar surface area (TPSA) is 91.4 Å². The molecule has 0 bridgehead atoms. The molecule has 1 N–H and O–H groups in total. The average molecular weight is 379 g/mol. The third kappa shape index (κ3) is 3.19. The van der Waals surface area contributed by atoms with Crippen molar-refractivity contribution in [2.24, 2.45) is 5.92 Å². The van der Waals surface area contributed by atoms with Gasteiger partial charge in [0.15, 0.2) is 0 Å². The number of ether oxygens (including phenoxy) is 1. The van der Waals surface area contributed by atoms with E-state index in [2.05, 4.69) is 19.9 Å². The van der Waals surface area contributed by atoms with Crippen LogP contribution in [-0.4, -0.2) is 72.3 Å². The first kappa shape index (κ1) is 17.7. The molecule has 1 aliphatic heterocycles. The van der Waals surface area contributed by atoms with Gasteiger partial charge in [0, 0.05) is 31.9 Å². The van der Waals surface area contributed by atoms with Crippen LogP contribution in [0.15, 0.2) is 18.6 Å². The second kappa shape index (κ2) is 6.79. The fourth-order valence-corrected chi connectivity index (χ4v) is 6.01. The summed E-state index contributed by atoms with van der Waals surface area (Å²) in [6.07, 6.45) is 5.15. The SMILES string of the molecule is C[C@@H]1COCCN1S(=O)(=O)C[C@H]1C[C@@H](N(C)c2ncnc3[nH]ccc23)C1. The first-order valence-corrected chi connectivity index (χ1v) is 10.6. The number of hydrogen-bond acceptors (Lipinski definition) is 6. The van der Waals surface area contributed by atoms with Gasteiger partial charge in [-0.3, -0.25) is 0 Å². The Balaban J connectivity index is 1.38. The predicted octanol–water partition coefficient (Wildman–Crippen LogP) is 1.22. The van der Waals surface area contributed by atoms with E-state index in [0.29, 0.717) is 25.8 Å². The van der Waals surface area contributed by atoms with Gasteiger partial charge in [-0.25, -0.2) is 18.4 Å². The van der Waals surface area contributed by atoms with Crippen molar-refractivity contribution in [3.63, 3.8) is 0 Å². The van der Waals surface area contributed by atoms with Crippen LogP contribution in [0.3, 0.4) is 0 Å². The zero-order valence-electron chi connectivity index (χ0n) is 15.1. The Bertz CT molecular complexity index is 877. The molecule has 26 heavy (non-hydrogen) atoms. The van der Waals surface area contributed by atoms with Crippen LogP contribution in [0.5, 0.6) is 0 Å². The van der Waals surface area contributed by atoms with Crippen molar-refractivity contribution in [3.8, 4) is 0 Å². The third-order valence-electron chi connectivity index (χ3n) is 5.54. The molecule has 0 radical (unpaired) electrons. The maximum absolute atomic E-state index is 12.7. The van der Waals surface area contributed by atoms with Crippen LogP contribution in [0.1, 0.15) is 19.8 Å². The fraction of sp³-hybridized carbons (Fsp3) is 0.647. The van der Waals surface area contributed by atoms with Crippen LogP contribution in [0.25, 0.3) is 11.0 Å². The molecule has 0 aromatic carbocycles. The molecule has 2 fully saturated rings. The highest BCUT2D eigenvalue weighted by Gasteiger charge is 2.39. The summed E-state index contributed by atoms with van der Waals surface area (Å²) in [7, 11) is -1.21. The van der Waals surface area contributed by atoms with Gasteiger partial charge in [-0.2, -0.15) is 4.31 Å². The Morgan fingerprint density at radius 2 is 2.19 bits per heavy atom. The molecule has 3 heterocycles. The van der Waals surface area contributed by atoms with Gasteiger partial charge in [0.1, 0.15) is 17.8 Å². The Hall–Kier alpha value is -1.71. The molecule has 0 spiro atoms. The number of H-pyrrole nitrogens is 1. The van der Waals surface area contributed by atoms with Crippen molar-refractivity contribution < 1.29 is 13.2 Å². The Labute approximate surface area is 153 Å². The minimum atomic E-state index is -3.23. The number of aromatic nitrogens is 3. The normalized spacial score (nSPS) is 27.4. The Morgan fingerprint density at radius 1 is 1.38 bits per heavy atom. The summed E-state index contributed by atoms with van der Waals surface area (Å²) in [5.74, 6) is 1.32. The molecule has 2 aromatic rings. The molecule has 1 aliphatic carbocycles. The van der Waals surface area contributed by atoms with E-state index in [4.69, 9.17) is 4.74 Å². The van der Waals surface area contributed by atoms with Gasteiger partial charge in [0.05, 0.1) is 24.4 Å². The Morgan fingerprint density at radius 3 is 2.96 bits per heavy atom. The summed E-state index contributed by atoms with van der Waals surface area (Å²) in [4.78, 5) is 13.9. The molecular weight excluding hydrogens is 354 g/mol. The lowest BCUT2D eigenvalue weighted by atomic mass is 9.81. The summed E-state index contributed by atoms with van der Waals surface area (Å²) in [5, 5.41) is 0.994. The number of nitrogens with zero attached hydrogens (tertiary/aromatic N) is 4. The minimum absolute atomic E-state index is 0.0739. The maximum atomic E-state index is 12.7. The zero-order chi connectivity index (χ0) is 18.3. The van der Waals surface area contributed by atoms with E-state index < -0.39 is 10.0 Å². The average Bonchev–Trinajstić information content (AvgIpc) is 3.06. The van der Waals surface area contributed by atoms with Crippen LogP contribution in [0, 0.1) is 5.92 Å². The van der Waals surface area contributed by atoms with Gasteiger partial charge in [-0.15, -0.1) is 0 Å². The molecule has 4 rings (SSSR count). The lowest BCUT2D eigenvalue weighted by Crippen LogP contribution is -2.51. The van der Waals surface area contributed by atoms with Gasteiger partial charge >= 0.3 is 0 Å². The molecule has 142 valence electrons. The summed E-state index contributed by atoms with van der Waals surface area (Å²) >= 11 is 0. The van der Waals surface area contributed by atoms with E-state index in [-0.39, 0.29) is 17.7 Å². The Kier molecular flexibility index (Phi) is 4.62. The number of hydrogen-bond donors (Lipinski definition) is 1. The highest BCUT2D eigenvalue weighted by atomic mass is 32.2. The van der Waals surface area contributed by atoms with Crippen molar-refractivity contribution >= 4 is 26.9 Å². The first-order valence-electron chi connectivity index (χ1n) is 9.04. The fourth-order valence-electron chi connectivity index (χ4n) is 3.98. The molecule has 1 saturated carbocycles. The van der Waals surface area contributed by atoms with E-state index in [1.54, 1.807) is 10.6 Å². The van der Waals surface area contributed by atoms with Crippen LogP contribution >= 0.6 is 0 Å². The first-order chi connectivity index (χ1) is 12.5. The van der Waals surface area contributed by atoms with E-state index in [0.717, 1.165) is 29.7 Å². The maximum Gasteiger partial charge on any atom is 0.214 e. The highest BCUT2D eigenvalue weighted by molar-refractivity contribution is 7.89. The lowest BCUT2D eigenvalue weighted by molar-refractivity contribution is 0.0389. The van der Waals surface area contributed by atoms with Crippen molar-refractivity contribution in [1.29, 1.82) is 0 Å². The van der Waals surface area contributed by atoms with E-state index in [1.165, 1.54) is 0 Å². The van der Waals surface area contributed by atoms with E-state index >= 15 is 0 Å². The number of nitrogens with one attached hydrogen (secondary N) is 1. The van der Waals surface area contributed by atoms with Gasteiger partial charge in [-0.05, 0) is 31.7 Å². The van der Waals surface area contributed by atoms with Gasteiger partial charge in [0.2, 0.25) is 10.0 Å². The number of rotatable bonds is 5. The number of sulfonamides is 1. The van der Waals surface area contributed by atoms with Crippen LogP contribution in [0.4, 0.5) is 5.82 Å². The summed E-state index contributed by atoms with van der Waals surface area (Å²) in [6, 6.07) is 2.21. The largest absolute Gasteiger partial charge is 0.378 e. The molecule has 1 atom stereocenters. The molecule has 0 unspecified atom stereocenters. The smallest absolute Gasteiger partial charge is 0.214 e. The summed E-state index contributed by atoms with van der Waals surface area (Å²) in [5.41, 5.74) is 0.821. The standard InChI is InChI=1S/C17H25N5O3S/c1-12-9-25-6-5-22(12)26(23,24)10-13-7-14(8-13)21(2)17-15-3-4-18-16(15)19-11-20-17/h3-4,11-14H,5-10H2,1-2H3,(H,18,19,20)/t12-,13-,14+/m1/s1. The third-order valence-corrected chi connectivity index (χ3v) is 7.69. The van der Waals surface area contributed by atoms with E-state index in [1.807, 2.05) is 26.2 Å². The second-order valence-electron chi connectivity index (χ2n) is 7.35. The van der Waals surface area contributed by atoms with Crippen molar-refractivity contribution in [2.45, 2.75) is 31.8 Å². The summed E-state index contributed by atoms with van der Waals surface area (Å²) < 4.78 is 32.4. The van der Waals surface area contributed by atoms with Gasteiger partial charge in [-0.1, -0.05) is 0 Å². The van der Waals surface area contributed by atoms with Crippen molar-refractivity contribution in [1.82, 2.24) is 19.3 Å². The highest BCUT2D eigenvalue weighted by Crippen LogP contribution is 2.36. The number of fused-ring (bicyclic) bond motifs is 1. The molecule has 8 nitrogen and oxygen atoms in total. The lowest BCUT2D eigenvalue weighted by Gasteiger charge is -2.43. The second-order valence-corrected chi connectivity index (χ2v) is 9.32. The van der Waals surface area contributed by atoms with Crippen LogP contribution < -0.4 is 4.90 Å². The van der Waals surface area contributed by atoms with Crippen molar-refractivity contribution in [2.75, 3.05) is 37.5 Å². The summed E-state index contributed by atoms with van der Waals surface area (Å²) in [6.45, 7) is 3.34. The molecular formula is C17H25N5O3S. The molecule has 9 heteroatoms. The quantitative estimate of drug-likeness (QED) is 0.840. The molecule has 1 saturated heterocycles. The molecule has 2 aliphatic rings. The zero-order valence-corrected chi connectivity index (χ0v) is 15.9. The van der Waals surface area contributed by atoms with Crippen molar-refractivity contribution in [3.05, 3.63) is 18.6 Å². The predicted molar refractivity (Wildman–Crippen MR) is 99.6 cm³/mol. The molecule has 0 amide bonds. The molecule has 2 aromatic heterocycles. The minimum Gasteiger partial charge on any atom is -0.378 e. The van der Waals surface area contributed by atoms with Crippen LogP contribution in [-0.2, 0) is 14.8 Å². The number of morpholine rings is 1. The van der Waals surface area contributed by atoms with Crippen LogP contribution in [0.2, 0.25) is 0 Å². The number of aromatic amines is 1. The number of anilines is 1. The van der Waals surface area contributed by atoms with E-state index in [9.17, 15) is 8.42 Å².